The lowest BCUT2D eigenvalue weighted by Crippen LogP contribution is -2.28. The molecule has 0 aromatic heterocycles. The van der Waals surface area contributed by atoms with E-state index >= 15 is 0 Å². The van der Waals surface area contributed by atoms with Gasteiger partial charge in [0.1, 0.15) is 17.6 Å². The quantitative estimate of drug-likeness (QED) is 0.167. The summed E-state index contributed by atoms with van der Waals surface area (Å²) in [6, 6.07) is 17.1. The van der Waals surface area contributed by atoms with E-state index in [1.165, 1.54) is 13.1 Å². The fourth-order valence-electron chi connectivity index (χ4n) is 3.40. The predicted molar refractivity (Wildman–Crippen MR) is 125 cm³/mol. The molecular formula is C25H20FN3O6. The minimum atomic E-state index is -0.941. The van der Waals surface area contributed by atoms with Gasteiger partial charge in [-0.3, -0.25) is 14.9 Å². The van der Waals surface area contributed by atoms with Crippen molar-refractivity contribution in [2.75, 3.05) is 14.2 Å². The Morgan fingerprint density at radius 3 is 2.46 bits per heavy atom. The van der Waals surface area contributed by atoms with Crippen LogP contribution in [-0.4, -0.2) is 40.1 Å². The normalized spacial score (nSPS) is 11.3. The Hall–Kier alpha value is -4.91. The summed E-state index contributed by atoms with van der Waals surface area (Å²) in [5.41, 5.74) is -0.0492. The van der Waals surface area contributed by atoms with Crippen LogP contribution in [0, 0.1) is 27.3 Å². The van der Waals surface area contributed by atoms with Crippen LogP contribution in [0.4, 0.5) is 10.1 Å². The maximum absolute atomic E-state index is 14.5. The molecule has 3 aromatic rings. The third-order valence-corrected chi connectivity index (χ3v) is 5.21. The highest BCUT2D eigenvalue weighted by Gasteiger charge is 2.26. The highest BCUT2D eigenvalue weighted by atomic mass is 19.1. The van der Waals surface area contributed by atoms with Crippen LogP contribution in [0.2, 0.25) is 0 Å². The lowest BCUT2D eigenvalue weighted by molar-refractivity contribution is -0.386. The third kappa shape index (κ3) is 5.20. The summed E-state index contributed by atoms with van der Waals surface area (Å²) in [4.78, 5) is 24.3. The first-order chi connectivity index (χ1) is 16.7. The number of ether oxygens (including phenoxy) is 1. The number of likely N-dealkylation sites (N-methyl/N-ethyl adjacent to an activating group) is 1. The van der Waals surface area contributed by atoms with E-state index in [4.69, 9.17) is 4.74 Å². The number of phenolic OH excluding ortho intramolecular Hbond substituents is 1. The van der Waals surface area contributed by atoms with Crippen molar-refractivity contribution in [3.63, 3.8) is 0 Å². The lowest BCUT2D eigenvalue weighted by atomic mass is 10.0. The second kappa shape index (κ2) is 10.4. The van der Waals surface area contributed by atoms with Gasteiger partial charge in [0.15, 0.2) is 11.3 Å². The minimum Gasteiger partial charge on any atom is -0.506 e. The van der Waals surface area contributed by atoms with Crippen molar-refractivity contribution in [3.05, 3.63) is 93.3 Å². The van der Waals surface area contributed by atoms with Crippen molar-refractivity contribution in [3.8, 4) is 28.7 Å². The Morgan fingerprint density at radius 2 is 1.86 bits per heavy atom. The van der Waals surface area contributed by atoms with Gasteiger partial charge in [0.2, 0.25) is 5.75 Å². The summed E-state index contributed by atoms with van der Waals surface area (Å²) in [5, 5.41) is 41.3. The number of hydrogen-bond acceptors (Lipinski definition) is 7. The number of aromatic hydroxyl groups is 1. The predicted octanol–water partition coefficient (Wildman–Crippen LogP) is 4.57. The van der Waals surface area contributed by atoms with Crippen LogP contribution in [0.15, 0.2) is 66.2 Å². The number of hydrogen-bond donors (Lipinski definition) is 2. The van der Waals surface area contributed by atoms with E-state index in [2.05, 4.69) is 0 Å². The summed E-state index contributed by atoms with van der Waals surface area (Å²) >= 11 is 0. The summed E-state index contributed by atoms with van der Waals surface area (Å²) in [6.07, 6.45) is 0. The Morgan fingerprint density at radius 1 is 1.17 bits per heavy atom. The van der Waals surface area contributed by atoms with Crippen LogP contribution in [0.1, 0.15) is 11.1 Å². The molecule has 0 saturated heterocycles. The zero-order chi connectivity index (χ0) is 25.7. The SMILES string of the molecule is COc1cc(/C(O)=C(\C#N)C(=O)N(C)Cc2cc(-c3ccccc3)ccc2F)cc([N+](=O)[O-])c1O. The van der Waals surface area contributed by atoms with E-state index in [0.29, 0.717) is 0 Å². The number of aliphatic hydroxyl groups excluding tert-OH is 1. The van der Waals surface area contributed by atoms with E-state index in [1.807, 2.05) is 30.3 Å². The van der Waals surface area contributed by atoms with Gasteiger partial charge in [0, 0.05) is 30.8 Å². The molecule has 2 N–H and O–H groups in total. The summed E-state index contributed by atoms with van der Waals surface area (Å²) < 4.78 is 19.4. The molecule has 0 aliphatic heterocycles. The fourth-order valence-corrected chi connectivity index (χ4v) is 3.40. The number of nitriles is 1. The van der Waals surface area contributed by atoms with Gasteiger partial charge in [-0.2, -0.15) is 5.26 Å². The molecule has 0 unspecified atom stereocenters. The van der Waals surface area contributed by atoms with Crippen molar-refractivity contribution < 1.29 is 29.1 Å². The monoisotopic (exact) mass is 477 g/mol. The molecule has 3 rings (SSSR count). The van der Waals surface area contributed by atoms with Crippen molar-refractivity contribution >= 4 is 17.4 Å². The van der Waals surface area contributed by atoms with Crippen LogP contribution in [0.25, 0.3) is 16.9 Å². The molecule has 35 heavy (non-hydrogen) atoms. The number of nitrogens with zero attached hydrogens (tertiary/aromatic N) is 3. The highest BCUT2D eigenvalue weighted by Crippen LogP contribution is 2.39. The van der Waals surface area contributed by atoms with Gasteiger partial charge < -0.3 is 19.8 Å². The molecule has 0 saturated carbocycles. The number of carbonyl (C=O) groups is 1. The Bertz CT molecular complexity index is 1370. The number of rotatable bonds is 7. The third-order valence-electron chi connectivity index (χ3n) is 5.21. The summed E-state index contributed by atoms with van der Waals surface area (Å²) in [5.74, 6) is -3.47. The van der Waals surface area contributed by atoms with Gasteiger partial charge in [0.05, 0.1) is 12.0 Å². The molecule has 0 fully saturated rings. The van der Waals surface area contributed by atoms with Crippen molar-refractivity contribution in [1.82, 2.24) is 4.90 Å². The zero-order valence-corrected chi connectivity index (χ0v) is 18.7. The average Bonchev–Trinajstić information content (AvgIpc) is 2.86. The van der Waals surface area contributed by atoms with E-state index in [1.54, 1.807) is 18.2 Å². The number of methoxy groups -OCH3 is 1. The molecule has 0 radical (unpaired) electrons. The molecule has 0 bridgehead atoms. The molecule has 0 heterocycles. The van der Waals surface area contributed by atoms with E-state index in [9.17, 15) is 34.8 Å². The van der Waals surface area contributed by atoms with Gasteiger partial charge >= 0.3 is 5.69 Å². The van der Waals surface area contributed by atoms with E-state index in [-0.39, 0.29) is 23.4 Å². The molecule has 0 aliphatic carbocycles. The van der Waals surface area contributed by atoms with E-state index < -0.39 is 39.4 Å². The molecular weight excluding hydrogens is 457 g/mol. The van der Waals surface area contributed by atoms with Gasteiger partial charge in [0.25, 0.3) is 5.91 Å². The molecule has 10 heteroatoms. The number of aliphatic hydroxyl groups is 1. The molecule has 0 atom stereocenters. The zero-order valence-electron chi connectivity index (χ0n) is 18.7. The molecule has 178 valence electrons. The maximum atomic E-state index is 14.5. The Kier molecular flexibility index (Phi) is 7.31. The second-order valence-corrected chi connectivity index (χ2v) is 7.47. The molecule has 0 aliphatic rings. The lowest BCUT2D eigenvalue weighted by Gasteiger charge is -2.18. The first-order valence-electron chi connectivity index (χ1n) is 10.2. The van der Waals surface area contributed by atoms with Crippen LogP contribution in [-0.2, 0) is 11.3 Å². The fraction of sp³-hybridized carbons (Fsp3) is 0.120. The first-order valence-corrected chi connectivity index (χ1v) is 10.2. The number of benzene rings is 3. The standard InChI is InChI=1S/C25H20FN3O6/c1-28(14-18-10-16(8-9-20(18)26)15-6-4-3-5-7-15)25(32)19(13-27)23(30)17-11-21(29(33)34)24(31)22(12-17)35-2/h3-12,30-31H,14H2,1-2H3/b23-19-. The van der Waals surface area contributed by atoms with Gasteiger partial charge in [-0.15, -0.1) is 0 Å². The average molecular weight is 477 g/mol. The van der Waals surface area contributed by atoms with Gasteiger partial charge in [-0.25, -0.2) is 4.39 Å². The van der Waals surface area contributed by atoms with Crippen LogP contribution in [0.5, 0.6) is 11.5 Å². The molecule has 9 nitrogen and oxygen atoms in total. The number of phenols is 1. The largest absolute Gasteiger partial charge is 0.506 e. The van der Waals surface area contributed by atoms with Gasteiger partial charge in [-0.1, -0.05) is 36.4 Å². The topological polar surface area (TPSA) is 137 Å². The number of amides is 1. The smallest absolute Gasteiger partial charge is 0.315 e. The van der Waals surface area contributed by atoms with Crippen LogP contribution < -0.4 is 4.74 Å². The minimum absolute atomic E-state index is 0.181. The Balaban J connectivity index is 1.95. The molecule has 1 amide bonds. The molecule has 0 spiro atoms. The van der Waals surface area contributed by atoms with Crippen LogP contribution in [0.3, 0.4) is 0 Å². The second-order valence-electron chi connectivity index (χ2n) is 7.47. The molecule has 3 aromatic carbocycles. The number of halogens is 1. The van der Waals surface area contributed by atoms with Crippen molar-refractivity contribution in [1.29, 1.82) is 5.26 Å². The number of carbonyl (C=O) groups excluding carboxylic acids is 1. The number of nitro groups is 1. The van der Waals surface area contributed by atoms with Gasteiger partial charge in [-0.05, 0) is 29.3 Å². The highest BCUT2D eigenvalue weighted by molar-refractivity contribution is 6.03. The summed E-state index contributed by atoms with van der Waals surface area (Å²) in [6.45, 7) is -0.219. The maximum Gasteiger partial charge on any atom is 0.315 e. The van der Waals surface area contributed by atoms with E-state index in [0.717, 1.165) is 35.3 Å². The Labute approximate surface area is 199 Å². The number of nitro benzene ring substituents is 1. The van der Waals surface area contributed by atoms with Crippen molar-refractivity contribution in [2.45, 2.75) is 6.54 Å². The van der Waals surface area contributed by atoms with Crippen molar-refractivity contribution in [2.24, 2.45) is 0 Å². The summed E-state index contributed by atoms with van der Waals surface area (Å²) in [7, 11) is 2.47. The first kappa shape index (κ1) is 24.7. The van der Waals surface area contributed by atoms with Crippen LogP contribution >= 0.6 is 0 Å².